The predicted octanol–water partition coefficient (Wildman–Crippen LogP) is 2.59. The average Bonchev–Trinajstić information content (AvgIpc) is 2.87. The fraction of sp³-hybridized carbons (Fsp3) is 0.533. The van der Waals surface area contributed by atoms with Crippen molar-refractivity contribution < 1.29 is 9.90 Å². The molecule has 1 heterocycles. The number of nitrogens with zero attached hydrogens (tertiary/aromatic N) is 1. The summed E-state index contributed by atoms with van der Waals surface area (Å²) in [7, 11) is 0. The Labute approximate surface area is 108 Å². The van der Waals surface area contributed by atoms with E-state index in [2.05, 4.69) is 29.2 Å². The molecular formula is C15H21NO2. The monoisotopic (exact) mass is 247 g/mol. The van der Waals surface area contributed by atoms with E-state index in [9.17, 15) is 4.79 Å². The van der Waals surface area contributed by atoms with Crippen molar-refractivity contribution in [3.8, 4) is 0 Å². The molecule has 0 bridgehead atoms. The highest BCUT2D eigenvalue weighted by Gasteiger charge is 2.31. The van der Waals surface area contributed by atoms with Crippen molar-refractivity contribution in [2.24, 2.45) is 5.92 Å². The lowest BCUT2D eigenvalue weighted by molar-refractivity contribution is -0.143. The number of benzene rings is 1. The van der Waals surface area contributed by atoms with Crippen molar-refractivity contribution in [1.29, 1.82) is 0 Å². The minimum atomic E-state index is -0.703. The van der Waals surface area contributed by atoms with Gasteiger partial charge in [0.1, 0.15) is 0 Å². The largest absolute Gasteiger partial charge is 0.481 e. The van der Waals surface area contributed by atoms with Crippen LogP contribution in [0.15, 0.2) is 30.3 Å². The summed E-state index contributed by atoms with van der Waals surface area (Å²) in [6.07, 6.45) is 1.13. The number of rotatable bonds is 4. The van der Waals surface area contributed by atoms with E-state index in [4.69, 9.17) is 5.11 Å². The molecule has 98 valence electrons. The first-order valence-electron chi connectivity index (χ1n) is 6.61. The third-order valence-electron chi connectivity index (χ3n) is 4.18. The SMILES string of the molecule is CC(C(=O)O)C(C)N1CCC(c2ccccc2)C1. The third kappa shape index (κ3) is 2.72. The Morgan fingerprint density at radius 1 is 1.33 bits per heavy atom. The first-order valence-corrected chi connectivity index (χ1v) is 6.61. The van der Waals surface area contributed by atoms with Crippen molar-refractivity contribution in [3.63, 3.8) is 0 Å². The highest BCUT2D eigenvalue weighted by Crippen LogP contribution is 2.29. The topological polar surface area (TPSA) is 40.5 Å². The summed E-state index contributed by atoms with van der Waals surface area (Å²) in [5.41, 5.74) is 1.37. The van der Waals surface area contributed by atoms with Crippen LogP contribution in [0, 0.1) is 5.92 Å². The zero-order valence-electron chi connectivity index (χ0n) is 11.0. The Morgan fingerprint density at radius 3 is 2.61 bits per heavy atom. The molecule has 1 aromatic carbocycles. The van der Waals surface area contributed by atoms with Crippen LogP contribution in [0.2, 0.25) is 0 Å². The van der Waals surface area contributed by atoms with Crippen LogP contribution in [-0.4, -0.2) is 35.1 Å². The summed E-state index contributed by atoms with van der Waals surface area (Å²) in [5.74, 6) is -0.458. The normalized spacial score (nSPS) is 23.8. The molecule has 1 saturated heterocycles. The third-order valence-corrected chi connectivity index (χ3v) is 4.18. The average molecular weight is 247 g/mol. The first kappa shape index (κ1) is 13.1. The van der Waals surface area contributed by atoms with Gasteiger partial charge in [-0.15, -0.1) is 0 Å². The lowest BCUT2D eigenvalue weighted by atomic mass is 9.98. The second kappa shape index (κ2) is 5.53. The van der Waals surface area contributed by atoms with E-state index in [0.29, 0.717) is 5.92 Å². The van der Waals surface area contributed by atoms with E-state index in [1.807, 2.05) is 13.0 Å². The van der Waals surface area contributed by atoms with Crippen molar-refractivity contribution in [2.45, 2.75) is 32.2 Å². The number of carbonyl (C=O) groups is 1. The molecule has 3 atom stereocenters. The van der Waals surface area contributed by atoms with E-state index >= 15 is 0 Å². The molecule has 3 unspecified atom stereocenters. The van der Waals surface area contributed by atoms with Gasteiger partial charge in [0.05, 0.1) is 5.92 Å². The van der Waals surface area contributed by atoms with Crippen LogP contribution in [0.4, 0.5) is 0 Å². The molecule has 18 heavy (non-hydrogen) atoms. The molecule has 1 aliphatic heterocycles. The Morgan fingerprint density at radius 2 is 2.00 bits per heavy atom. The van der Waals surface area contributed by atoms with Gasteiger partial charge in [-0.05, 0) is 31.4 Å². The zero-order chi connectivity index (χ0) is 13.1. The lowest BCUT2D eigenvalue weighted by Crippen LogP contribution is -2.38. The molecule has 0 amide bonds. The molecule has 1 aromatic rings. The zero-order valence-corrected chi connectivity index (χ0v) is 11.0. The van der Waals surface area contributed by atoms with Crippen LogP contribution < -0.4 is 0 Å². The van der Waals surface area contributed by atoms with Gasteiger partial charge in [0.15, 0.2) is 0 Å². The molecule has 2 rings (SSSR count). The maximum absolute atomic E-state index is 11.0. The van der Waals surface area contributed by atoms with Crippen molar-refractivity contribution in [3.05, 3.63) is 35.9 Å². The summed E-state index contributed by atoms with van der Waals surface area (Å²) in [5, 5.41) is 9.07. The molecule has 1 aliphatic rings. The van der Waals surface area contributed by atoms with E-state index in [1.54, 1.807) is 6.92 Å². The van der Waals surface area contributed by atoms with Gasteiger partial charge in [-0.25, -0.2) is 0 Å². The quantitative estimate of drug-likeness (QED) is 0.889. The molecule has 0 spiro atoms. The van der Waals surface area contributed by atoms with Crippen LogP contribution in [-0.2, 0) is 4.79 Å². The predicted molar refractivity (Wildman–Crippen MR) is 71.6 cm³/mol. The van der Waals surface area contributed by atoms with Gasteiger partial charge in [0.25, 0.3) is 0 Å². The molecule has 0 aliphatic carbocycles. The minimum absolute atomic E-state index is 0.108. The maximum Gasteiger partial charge on any atom is 0.307 e. The number of likely N-dealkylation sites (tertiary alicyclic amines) is 1. The molecule has 3 heteroatoms. The van der Waals surface area contributed by atoms with Crippen molar-refractivity contribution in [1.82, 2.24) is 4.90 Å². The van der Waals surface area contributed by atoms with Crippen molar-refractivity contribution >= 4 is 5.97 Å². The number of aliphatic carboxylic acids is 1. The summed E-state index contributed by atoms with van der Waals surface area (Å²) >= 11 is 0. The van der Waals surface area contributed by atoms with Gasteiger partial charge in [-0.2, -0.15) is 0 Å². The Bertz CT molecular complexity index is 404. The molecule has 1 N–H and O–H groups in total. The van der Waals surface area contributed by atoms with Gasteiger partial charge >= 0.3 is 5.97 Å². The highest BCUT2D eigenvalue weighted by molar-refractivity contribution is 5.70. The second-order valence-electron chi connectivity index (χ2n) is 5.26. The second-order valence-corrected chi connectivity index (χ2v) is 5.26. The molecule has 0 aromatic heterocycles. The van der Waals surface area contributed by atoms with Gasteiger partial charge in [0.2, 0.25) is 0 Å². The van der Waals surface area contributed by atoms with Gasteiger partial charge in [-0.3, -0.25) is 9.69 Å². The molecule has 0 radical (unpaired) electrons. The Kier molecular flexibility index (Phi) is 4.02. The fourth-order valence-electron chi connectivity index (χ4n) is 2.68. The summed E-state index contributed by atoms with van der Waals surface area (Å²) < 4.78 is 0. The van der Waals surface area contributed by atoms with Crippen LogP contribution in [0.1, 0.15) is 31.7 Å². The van der Waals surface area contributed by atoms with Gasteiger partial charge in [0, 0.05) is 12.6 Å². The van der Waals surface area contributed by atoms with Crippen LogP contribution in [0.25, 0.3) is 0 Å². The Balaban J connectivity index is 1.98. The number of hydrogen-bond donors (Lipinski definition) is 1. The number of carboxylic acid groups (broad SMARTS) is 1. The van der Waals surface area contributed by atoms with E-state index in [1.165, 1.54) is 5.56 Å². The molecule has 3 nitrogen and oxygen atoms in total. The summed E-state index contributed by atoms with van der Waals surface area (Å²) in [6.45, 7) is 5.79. The highest BCUT2D eigenvalue weighted by atomic mass is 16.4. The molecule has 1 fully saturated rings. The van der Waals surface area contributed by atoms with Gasteiger partial charge in [-0.1, -0.05) is 37.3 Å². The number of carboxylic acids is 1. The molecule has 0 saturated carbocycles. The van der Waals surface area contributed by atoms with E-state index in [0.717, 1.165) is 19.5 Å². The fourth-order valence-corrected chi connectivity index (χ4v) is 2.68. The van der Waals surface area contributed by atoms with E-state index in [-0.39, 0.29) is 12.0 Å². The first-order chi connectivity index (χ1) is 8.59. The van der Waals surface area contributed by atoms with E-state index < -0.39 is 5.97 Å². The van der Waals surface area contributed by atoms with Gasteiger partial charge < -0.3 is 5.11 Å². The van der Waals surface area contributed by atoms with Crippen LogP contribution in [0.5, 0.6) is 0 Å². The number of hydrogen-bond acceptors (Lipinski definition) is 2. The summed E-state index contributed by atoms with van der Waals surface area (Å²) in [4.78, 5) is 13.3. The smallest absolute Gasteiger partial charge is 0.307 e. The van der Waals surface area contributed by atoms with Crippen molar-refractivity contribution in [2.75, 3.05) is 13.1 Å². The van der Waals surface area contributed by atoms with Crippen LogP contribution >= 0.6 is 0 Å². The Hall–Kier alpha value is -1.35. The summed E-state index contributed by atoms with van der Waals surface area (Å²) in [6, 6.07) is 10.6. The lowest BCUT2D eigenvalue weighted by Gasteiger charge is -2.27. The van der Waals surface area contributed by atoms with Crippen LogP contribution in [0.3, 0.4) is 0 Å². The minimum Gasteiger partial charge on any atom is -0.481 e. The molecular weight excluding hydrogens is 226 g/mol. The standard InChI is InChI=1S/C15H21NO2/c1-11(15(17)18)12(2)16-9-8-14(10-16)13-6-4-3-5-7-13/h3-7,11-12,14H,8-10H2,1-2H3,(H,17,18). The maximum atomic E-state index is 11.0.